The van der Waals surface area contributed by atoms with Crippen LogP contribution in [0.25, 0.3) is 0 Å². The molecular weight excluding hydrogens is 276 g/mol. The van der Waals surface area contributed by atoms with E-state index in [1.165, 1.54) is 14.2 Å². The monoisotopic (exact) mass is 285 g/mol. The minimum Gasteiger partial charge on any atom is -0.331 e. The highest BCUT2D eigenvalue weighted by Gasteiger charge is 2.50. The molecule has 0 spiro atoms. The second kappa shape index (κ2) is 5.34. The van der Waals surface area contributed by atoms with Crippen molar-refractivity contribution in [1.82, 2.24) is 9.27 Å². The van der Waals surface area contributed by atoms with Crippen molar-refractivity contribution in [2.24, 2.45) is 4.52 Å². The maximum Gasteiger partial charge on any atom is 0.407 e. The number of hydrogen-bond donors (Lipinski definition) is 0. The van der Waals surface area contributed by atoms with E-state index in [-0.39, 0.29) is 0 Å². The summed E-state index contributed by atoms with van der Waals surface area (Å²) in [6.07, 6.45) is 0. The Hall–Kier alpha value is 0.680. The Balaban J connectivity index is 3.06. The van der Waals surface area contributed by atoms with E-state index in [1.54, 1.807) is 0 Å². The summed E-state index contributed by atoms with van der Waals surface area (Å²) in [6.45, 7) is 0. The Morgan fingerprint density at radius 2 is 1.80 bits per heavy atom. The molecule has 0 amide bonds. The standard InChI is InChI=1S/C3H9F3N3O3P3/c1-10-9-13(11-2)7-15(5,6)8(4)14(9)12-3/h1-3H3. The van der Waals surface area contributed by atoms with Crippen molar-refractivity contribution in [3.63, 3.8) is 0 Å². The molecule has 0 fully saturated rings. The predicted octanol–water partition coefficient (Wildman–Crippen LogP) is 3.68. The SMILES string of the molecule is CON1P(OC)N=P(F)(F)N(F)P1OC. The van der Waals surface area contributed by atoms with Gasteiger partial charge in [-0.05, 0) is 0 Å². The van der Waals surface area contributed by atoms with Gasteiger partial charge in [0.25, 0.3) is 16.9 Å². The zero-order valence-electron chi connectivity index (χ0n) is 8.04. The first-order valence-corrected chi connectivity index (χ1v) is 7.29. The van der Waals surface area contributed by atoms with Crippen molar-refractivity contribution in [1.29, 1.82) is 0 Å². The van der Waals surface area contributed by atoms with Crippen molar-refractivity contribution in [2.75, 3.05) is 21.3 Å². The number of rotatable bonds is 3. The molecule has 0 aliphatic carbocycles. The van der Waals surface area contributed by atoms with Crippen molar-refractivity contribution < 1.29 is 26.8 Å². The summed E-state index contributed by atoms with van der Waals surface area (Å²) in [7, 11) is -6.02. The van der Waals surface area contributed by atoms with Gasteiger partial charge in [0.05, 0.1) is 7.11 Å². The normalized spacial score (nSPS) is 32.7. The first kappa shape index (κ1) is 13.7. The second-order valence-corrected chi connectivity index (χ2v) is 7.52. The molecule has 0 bridgehead atoms. The zero-order valence-corrected chi connectivity index (χ0v) is 10.7. The minimum atomic E-state index is -5.15. The number of nitrogens with zero attached hydrogens (tertiary/aromatic N) is 3. The summed E-state index contributed by atoms with van der Waals surface area (Å²) in [5.74, 6) is 0. The van der Waals surface area contributed by atoms with Gasteiger partial charge in [0.15, 0.2) is 0 Å². The van der Waals surface area contributed by atoms with Crippen molar-refractivity contribution in [2.45, 2.75) is 0 Å². The third kappa shape index (κ3) is 2.68. The van der Waals surface area contributed by atoms with Crippen LogP contribution in [0.3, 0.4) is 0 Å². The van der Waals surface area contributed by atoms with Gasteiger partial charge in [-0.3, -0.25) is 4.84 Å². The molecule has 0 aromatic carbocycles. The highest BCUT2D eigenvalue weighted by atomic mass is 31.3. The van der Waals surface area contributed by atoms with Crippen LogP contribution in [-0.4, -0.2) is 30.6 Å². The molecule has 1 heterocycles. The van der Waals surface area contributed by atoms with Crippen LogP contribution >= 0.6 is 24.7 Å². The Bertz CT molecular complexity index is 278. The van der Waals surface area contributed by atoms with Crippen LogP contribution < -0.4 is 0 Å². The van der Waals surface area contributed by atoms with Gasteiger partial charge in [-0.2, -0.15) is 12.9 Å². The lowest BCUT2D eigenvalue weighted by molar-refractivity contribution is 0.00325. The lowest BCUT2D eigenvalue weighted by atomic mass is 11.7. The Labute approximate surface area is 87.4 Å². The molecular formula is C3H9F3N3O3P3. The van der Waals surface area contributed by atoms with E-state index in [9.17, 15) is 12.9 Å². The summed E-state index contributed by atoms with van der Waals surface area (Å²) in [6, 6.07) is 0. The van der Waals surface area contributed by atoms with Gasteiger partial charge >= 0.3 is 7.83 Å². The third-order valence-electron chi connectivity index (χ3n) is 1.31. The molecule has 12 heteroatoms. The molecule has 1 aliphatic rings. The Morgan fingerprint density at radius 1 is 1.20 bits per heavy atom. The molecule has 1 rings (SSSR count). The van der Waals surface area contributed by atoms with E-state index in [0.717, 1.165) is 11.7 Å². The van der Waals surface area contributed by atoms with E-state index in [4.69, 9.17) is 9.36 Å². The van der Waals surface area contributed by atoms with Gasteiger partial charge in [0, 0.05) is 18.9 Å². The van der Waals surface area contributed by atoms with Crippen LogP contribution in [0.15, 0.2) is 4.52 Å². The summed E-state index contributed by atoms with van der Waals surface area (Å²) in [5, 5.41) is 0. The summed E-state index contributed by atoms with van der Waals surface area (Å²) in [5.41, 5.74) is 0. The molecule has 90 valence electrons. The molecule has 0 radical (unpaired) electrons. The molecule has 0 saturated heterocycles. The summed E-state index contributed by atoms with van der Waals surface area (Å²) < 4.78 is 51.8. The van der Waals surface area contributed by atoms with Crippen LogP contribution in [0.1, 0.15) is 0 Å². The van der Waals surface area contributed by atoms with Gasteiger partial charge in [-0.25, -0.2) is 0 Å². The fourth-order valence-electron chi connectivity index (χ4n) is 0.763. The smallest absolute Gasteiger partial charge is 0.331 e. The number of halogens is 3. The topological polar surface area (TPSA) is 46.5 Å². The summed E-state index contributed by atoms with van der Waals surface area (Å²) in [4.78, 5) is 4.71. The molecule has 1 aliphatic heterocycles. The quantitative estimate of drug-likeness (QED) is 0.584. The second-order valence-electron chi connectivity index (χ2n) is 2.09. The fraction of sp³-hybridized carbons (Fsp3) is 1.00. The van der Waals surface area contributed by atoms with Crippen LogP contribution in [-0.2, 0) is 13.9 Å². The van der Waals surface area contributed by atoms with Crippen molar-refractivity contribution >= 4 is 24.7 Å². The van der Waals surface area contributed by atoms with E-state index in [0.29, 0.717) is 0 Å². The van der Waals surface area contributed by atoms with Crippen LogP contribution in [0.2, 0.25) is 0 Å². The first-order valence-electron chi connectivity index (χ1n) is 3.48. The van der Waals surface area contributed by atoms with Crippen molar-refractivity contribution in [3.05, 3.63) is 0 Å². The maximum absolute atomic E-state index is 13.1. The van der Waals surface area contributed by atoms with E-state index in [2.05, 4.69) is 9.04 Å². The van der Waals surface area contributed by atoms with E-state index in [1.807, 2.05) is 0 Å². The first-order chi connectivity index (χ1) is 6.97. The zero-order chi connectivity index (χ0) is 11.6. The van der Waals surface area contributed by atoms with Gasteiger partial charge in [-0.1, -0.05) is 4.60 Å². The largest absolute Gasteiger partial charge is 0.407 e. The molecule has 0 saturated carbocycles. The Kier molecular flexibility index (Phi) is 4.89. The minimum absolute atomic E-state index is 0.677. The van der Waals surface area contributed by atoms with Gasteiger partial charge in [0.1, 0.15) is 0 Å². The average Bonchev–Trinajstić information content (AvgIpc) is 2.21. The van der Waals surface area contributed by atoms with Crippen LogP contribution in [0.5, 0.6) is 0 Å². The highest BCUT2D eigenvalue weighted by Crippen LogP contribution is 2.79. The lowest BCUT2D eigenvalue weighted by Crippen LogP contribution is -2.21. The average molecular weight is 285 g/mol. The Morgan fingerprint density at radius 3 is 2.20 bits per heavy atom. The molecule has 2 unspecified atom stereocenters. The van der Waals surface area contributed by atoms with Gasteiger partial charge < -0.3 is 9.05 Å². The lowest BCUT2D eigenvalue weighted by Gasteiger charge is -2.35. The van der Waals surface area contributed by atoms with Crippen LogP contribution in [0, 0.1) is 0 Å². The molecule has 6 nitrogen and oxygen atoms in total. The predicted molar refractivity (Wildman–Crippen MR) is 51.2 cm³/mol. The molecule has 2 atom stereocenters. The number of hydrogen-bond acceptors (Lipinski definition) is 6. The molecule has 0 aromatic heterocycles. The maximum atomic E-state index is 13.1. The third-order valence-corrected chi connectivity index (χ3v) is 7.05. The summed E-state index contributed by atoms with van der Waals surface area (Å²) >= 11 is 0. The molecule has 0 N–H and O–H groups in total. The van der Waals surface area contributed by atoms with Crippen molar-refractivity contribution in [3.8, 4) is 0 Å². The van der Waals surface area contributed by atoms with Crippen LogP contribution in [0.4, 0.5) is 12.9 Å². The van der Waals surface area contributed by atoms with E-state index < -0.39 is 29.4 Å². The molecule has 0 aromatic rings. The molecule has 15 heavy (non-hydrogen) atoms. The van der Waals surface area contributed by atoms with E-state index >= 15 is 0 Å². The highest BCUT2D eigenvalue weighted by molar-refractivity contribution is 7.77. The van der Waals surface area contributed by atoms with Gasteiger partial charge in [0.2, 0.25) is 0 Å². The van der Waals surface area contributed by atoms with Gasteiger partial charge in [-0.15, -0.1) is 4.48 Å². The fourth-order valence-corrected chi connectivity index (χ4v) is 6.33.